The number of ether oxygens (including phenoxy) is 1. The molecule has 3 atom stereocenters. The summed E-state index contributed by atoms with van der Waals surface area (Å²) in [5.41, 5.74) is 0.131. The molecule has 0 saturated heterocycles. The van der Waals surface area contributed by atoms with Gasteiger partial charge in [-0.05, 0) is 6.07 Å². The molecule has 0 bridgehead atoms. The first-order valence-electron chi connectivity index (χ1n) is 6.99. The van der Waals surface area contributed by atoms with Crippen LogP contribution in [0.4, 0.5) is 5.69 Å². The number of aromatic amines is 1. The highest BCUT2D eigenvalue weighted by Gasteiger charge is 2.52. The normalized spacial score (nSPS) is 23.8. The number of carboxylic acid groups (broad SMARTS) is 1. The number of rotatable bonds is 2. The number of carbonyl (C=O) groups excluding carboxylic acids is 1. The van der Waals surface area contributed by atoms with E-state index in [9.17, 15) is 29.6 Å². The van der Waals surface area contributed by atoms with E-state index < -0.39 is 33.9 Å². The number of benzene rings is 1. The van der Waals surface area contributed by atoms with Crippen molar-refractivity contribution >= 4 is 40.7 Å². The minimum atomic E-state index is -1.22. The van der Waals surface area contributed by atoms with E-state index >= 15 is 0 Å². The van der Waals surface area contributed by atoms with E-state index in [0.29, 0.717) is 15.5 Å². The molecule has 1 aromatic carbocycles. The summed E-state index contributed by atoms with van der Waals surface area (Å²) in [5.74, 6) is -3.66. The quantitative estimate of drug-likeness (QED) is 0.346. The minimum absolute atomic E-state index is 0.139. The predicted molar refractivity (Wildman–Crippen MR) is 86.3 cm³/mol. The van der Waals surface area contributed by atoms with Gasteiger partial charge in [0.25, 0.3) is 5.69 Å². The number of nitro groups is 1. The van der Waals surface area contributed by atoms with Crippen LogP contribution in [0.3, 0.4) is 0 Å². The summed E-state index contributed by atoms with van der Waals surface area (Å²) < 4.78 is 5.22. The molecule has 0 spiro atoms. The third-order valence-corrected chi connectivity index (χ3v) is 6.52. The van der Waals surface area contributed by atoms with E-state index in [1.807, 2.05) is 0 Å². The van der Waals surface area contributed by atoms with Crippen LogP contribution in [0.2, 0.25) is 0 Å². The first kappa shape index (κ1) is 15.8. The smallest absolute Gasteiger partial charge is 0.317 e. The van der Waals surface area contributed by atoms with Gasteiger partial charge in [0.1, 0.15) is 11.0 Å². The lowest BCUT2D eigenvalue weighted by Gasteiger charge is -2.37. The fraction of sp³-hybridized carbons (Fsp3) is 0.214. The monoisotopic (exact) mass is 380 g/mol. The van der Waals surface area contributed by atoms with Gasteiger partial charge in [0.15, 0.2) is 0 Å². The van der Waals surface area contributed by atoms with Crippen LogP contribution in [0.5, 0.6) is 5.75 Å². The van der Waals surface area contributed by atoms with Gasteiger partial charge in [0, 0.05) is 28.5 Å². The molecule has 11 heteroatoms. The molecule has 0 amide bonds. The van der Waals surface area contributed by atoms with Gasteiger partial charge in [0.2, 0.25) is 0 Å². The maximum Gasteiger partial charge on any atom is 0.317 e. The van der Waals surface area contributed by atoms with Gasteiger partial charge in [-0.3, -0.25) is 24.5 Å². The van der Waals surface area contributed by atoms with Crippen LogP contribution in [-0.2, 0) is 9.59 Å². The maximum atomic E-state index is 12.4. The van der Waals surface area contributed by atoms with E-state index in [1.54, 1.807) is 0 Å². The Bertz CT molecular complexity index is 995. The molecule has 2 aliphatic rings. The van der Waals surface area contributed by atoms with Crippen LogP contribution < -0.4 is 9.61 Å². The lowest BCUT2D eigenvalue weighted by atomic mass is 9.80. The van der Waals surface area contributed by atoms with Crippen molar-refractivity contribution in [3.63, 3.8) is 0 Å². The Morgan fingerprint density at radius 2 is 2.12 bits per heavy atom. The number of thioether (sulfide) groups is 1. The minimum Gasteiger partial charge on any atom is -0.480 e. The highest BCUT2D eigenvalue weighted by Crippen LogP contribution is 2.53. The second-order valence-electron chi connectivity index (χ2n) is 5.49. The summed E-state index contributed by atoms with van der Waals surface area (Å²) in [7, 11) is 0. The van der Waals surface area contributed by atoms with E-state index in [2.05, 4.69) is 4.98 Å². The van der Waals surface area contributed by atoms with Crippen LogP contribution in [0.15, 0.2) is 28.0 Å². The second kappa shape index (κ2) is 5.43. The van der Waals surface area contributed by atoms with Crippen molar-refractivity contribution in [2.45, 2.75) is 16.2 Å². The number of fused-ring (bicyclic) bond motifs is 5. The number of hydrogen-bond donors (Lipinski definition) is 2. The van der Waals surface area contributed by atoms with Crippen LogP contribution in [-0.4, -0.2) is 32.2 Å². The highest BCUT2D eigenvalue weighted by atomic mass is 32.2. The Labute approximate surface area is 146 Å². The van der Waals surface area contributed by atoms with Gasteiger partial charge >= 0.3 is 16.8 Å². The topological polar surface area (TPSA) is 140 Å². The molecule has 0 radical (unpaired) electrons. The number of hydrogen-bond acceptors (Lipinski definition) is 8. The zero-order valence-electron chi connectivity index (χ0n) is 12.1. The average Bonchev–Trinajstić information content (AvgIpc) is 2.93. The third kappa shape index (κ3) is 2.35. The number of aromatic nitrogens is 1. The molecule has 0 saturated carbocycles. The van der Waals surface area contributed by atoms with E-state index in [4.69, 9.17) is 4.74 Å². The first-order valence-corrected chi connectivity index (χ1v) is 8.69. The third-order valence-electron chi connectivity index (χ3n) is 4.12. The zero-order valence-corrected chi connectivity index (χ0v) is 13.8. The summed E-state index contributed by atoms with van der Waals surface area (Å²) in [6.07, 6.45) is 0. The Kier molecular flexibility index (Phi) is 3.44. The molecule has 0 fully saturated rings. The zero-order chi connectivity index (χ0) is 17.9. The van der Waals surface area contributed by atoms with Crippen LogP contribution >= 0.6 is 23.1 Å². The molecule has 3 heterocycles. The molecule has 9 nitrogen and oxygen atoms in total. The van der Waals surface area contributed by atoms with Crippen LogP contribution in [0.1, 0.15) is 16.4 Å². The van der Waals surface area contributed by atoms with Crippen molar-refractivity contribution in [2.24, 2.45) is 5.92 Å². The fourth-order valence-corrected chi connectivity index (χ4v) is 5.51. The summed E-state index contributed by atoms with van der Waals surface area (Å²) in [6.45, 7) is 0. The molecular weight excluding hydrogens is 372 g/mol. The number of nitro benzene ring substituents is 1. The highest BCUT2D eigenvalue weighted by molar-refractivity contribution is 8.00. The van der Waals surface area contributed by atoms with Gasteiger partial charge in [-0.1, -0.05) is 23.1 Å². The largest absolute Gasteiger partial charge is 0.480 e. The van der Waals surface area contributed by atoms with E-state index in [-0.39, 0.29) is 16.3 Å². The molecule has 2 N–H and O–H groups in total. The van der Waals surface area contributed by atoms with Crippen molar-refractivity contribution in [1.29, 1.82) is 0 Å². The van der Waals surface area contributed by atoms with E-state index in [0.717, 1.165) is 23.1 Å². The number of nitrogens with zero attached hydrogens (tertiary/aromatic N) is 1. The molecular formula is C14H8N2O7S2. The molecule has 2 aliphatic heterocycles. The Morgan fingerprint density at radius 3 is 2.80 bits per heavy atom. The predicted octanol–water partition coefficient (Wildman–Crippen LogP) is 1.57. The number of aliphatic carboxylic acids is 1. The van der Waals surface area contributed by atoms with Crippen molar-refractivity contribution < 1.29 is 24.4 Å². The van der Waals surface area contributed by atoms with Gasteiger partial charge in [0.05, 0.1) is 15.9 Å². The number of thiazole rings is 1. The number of H-pyrrole nitrogens is 1. The molecule has 1 aromatic heterocycles. The standard InChI is InChI=1S/C14H8N2O7S2/c17-12(18)10-8-7(9-11(24-10)15-14(20)25-9)5-3-4(16(21)22)1-2-6(5)23-13(8)19/h1-3,7-8,10H,(H,15,20)(H,17,18). The summed E-state index contributed by atoms with van der Waals surface area (Å²) in [6, 6.07) is 3.79. The van der Waals surface area contributed by atoms with Crippen molar-refractivity contribution in [3.05, 3.63) is 48.4 Å². The SMILES string of the molecule is O=C(O)C1Sc2[nH]c(=O)sc2C2c3cc([N+](=O)[O-])ccc3OC(=O)C12. The Balaban J connectivity index is 1.98. The second-order valence-corrected chi connectivity index (χ2v) is 7.65. The fourth-order valence-electron chi connectivity index (χ4n) is 3.12. The number of nitrogens with one attached hydrogen (secondary N) is 1. The lowest BCUT2D eigenvalue weighted by molar-refractivity contribution is -0.385. The average molecular weight is 380 g/mol. The summed E-state index contributed by atoms with van der Waals surface area (Å²) >= 11 is 1.75. The summed E-state index contributed by atoms with van der Waals surface area (Å²) in [5, 5.41) is 19.8. The van der Waals surface area contributed by atoms with Gasteiger partial charge in [-0.2, -0.15) is 0 Å². The molecule has 2 aromatic rings. The van der Waals surface area contributed by atoms with E-state index in [1.165, 1.54) is 18.2 Å². The lowest BCUT2D eigenvalue weighted by Crippen LogP contribution is -2.44. The maximum absolute atomic E-state index is 12.4. The van der Waals surface area contributed by atoms with Crippen LogP contribution in [0, 0.1) is 16.0 Å². The van der Waals surface area contributed by atoms with Crippen LogP contribution in [0.25, 0.3) is 0 Å². The molecule has 128 valence electrons. The van der Waals surface area contributed by atoms with Crippen molar-refractivity contribution in [2.75, 3.05) is 0 Å². The van der Waals surface area contributed by atoms with Crippen molar-refractivity contribution in [3.8, 4) is 5.75 Å². The van der Waals surface area contributed by atoms with Gasteiger partial charge in [-0.15, -0.1) is 0 Å². The number of esters is 1. The Hall–Kier alpha value is -2.66. The molecule has 0 aliphatic carbocycles. The molecule has 25 heavy (non-hydrogen) atoms. The van der Waals surface area contributed by atoms with Gasteiger partial charge in [-0.25, -0.2) is 0 Å². The summed E-state index contributed by atoms with van der Waals surface area (Å²) in [4.78, 5) is 49.0. The number of non-ortho nitro benzene ring substituents is 1. The number of carboxylic acids is 1. The molecule has 4 rings (SSSR count). The molecule has 3 unspecified atom stereocenters. The van der Waals surface area contributed by atoms with Crippen molar-refractivity contribution in [1.82, 2.24) is 4.98 Å². The van der Waals surface area contributed by atoms with Gasteiger partial charge < -0.3 is 14.8 Å². The Morgan fingerprint density at radius 1 is 1.36 bits per heavy atom. The first-order chi connectivity index (χ1) is 11.9. The number of carbonyl (C=O) groups is 2.